The Morgan fingerprint density at radius 1 is 1.46 bits per heavy atom. The first-order chi connectivity index (χ1) is 6.09. The second-order valence-electron chi connectivity index (χ2n) is 3.36. The number of nitrogens with zero attached hydrogens (tertiary/aromatic N) is 1. The monoisotopic (exact) mass is 177 g/mol. The van der Waals surface area contributed by atoms with Crippen LogP contribution in [0.5, 0.6) is 0 Å². The zero-order chi connectivity index (χ0) is 9.59. The molecule has 0 spiro atoms. The number of fused-ring (bicyclic) bond motifs is 1. The van der Waals surface area contributed by atoms with Gasteiger partial charge < -0.3 is 10.7 Å². The van der Waals surface area contributed by atoms with Crippen LogP contribution >= 0.6 is 0 Å². The van der Waals surface area contributed by atoms with E-state index in [1.165, 1.54) is 5.57 Å². The average Bonchev–Trinajstić information content (AvgIpc) is 2.27. The van der Waals surface area contributed by atoms with E-state index in [1.54, 1.807) is 0 Å². The third-order valence-corrected chi connectivity index (χ3v) is 2.49. The predicted molar refractivity (Wildman–Crippen MR) is 51.2 cm³/mol. The Bertz CT molecular complexity index is 456. The van der Waals surface area contributed by atoms with Crippen molar-refractivity contribution in [3.63, 3.8) is 0 Å². The molecule has 68 valence electrons. The third kappa shape index (κ3) is 1.06. The lowest BCUT2D eigenvalue weighted by atomic mass is 10.1. The van der Waals surface area contributed by atoms with Crippen LogP contribution in [0.3, 0.4) is 0 Å². The van der Waals surface area contributed by atoms with Gasteiger partial charge in [-0.2, -0.15) is 4.98 Å². The molecule has 0 fully saturated rings. The second kappa shape index (κ2) is 2.45. The van der Waals surface area contributed by atoms with Crippen LogP contribution in [-0.4, -0.2) is 9.97 Å². The van der Waals surface area contributed by atoms with Crippen molar-refractivity contribution in [2.75, 3.05) is 5.73 Å². The molecule has 1 aliphatic carbocycles. The molecule has 0 aromatic carbocycles. The summed E-state index contributed by atoms with van der Waals surface area (Å²) in [6.45, 7) is 4.03. The first-order valence-electron chi connectivity index (χ1n) is 4.15. The number of nitrogen functional groups attached to an aromatic ring is 1. The smallest absolute Gasteiger partial charge is 0.347 e. The number of aromatic nitrogens is 2. The minimum atomic E-state index is -0.362. The minimum Gasteiger partial charge on any atom is -0.383 e. The van der Waals surface area contributed by atoms with Crippen LogP contribution in [0.4, 0.5) is 5.82 Å². The molecule has 13 heavy (non-hydrogen) atoms. The van der Waals surface area contributed by atoms with Crippen molar-refractivity contribution in [2.45, 2.75) is 20.3 Å². The molecule has 1 aromatic heterocycles. The first-order valence-corrected chi connectivity index (χ1v) is 4.15. The van der Waals surface area contributed by atoms with Gasteiger partial charge in [-0.3, -0.25) is 0 Å². The maximum atomic E-state index is 11.0. The van der Waals surface area contributed by atoms with E-state index in [0.717, 1.165) is 23.3 Å². The Hall–Kier alpha value is -1.58. The highest BCUT2D eigenvalue weighted by molar-refractivity contribution is 5.79. The summed E-state index contributed by atoms with van der Waals surface area (Å²) >= 11 is 0. The van der Waals surface area contributed by atoms with Gasteiger partial charge in [-0.05, 0) is 19.4 Å². The lowest BCUT2D eigenvalue weighted by Gasteiger charge is -2.02. The SMILES string of the molecule is CC1=C(C)c2c(N)nc(=O)[nH]c2C1. The standard InChI is InChI=1S/C9H11N3O/c1-4-3-6-7(5(4)2)8(10)12-9(13)11-6/h3H2,1-2H3,(H3,10,11,12,13). The molecule has 0 aliphatic heterocycles. The third-order valence-electron chi connectivity index (χ3n) is 2.49. The van der Waals surface area contributed by atoms with Gasteiger partial charge in [-0.15, -0.1) is 0 Å². The molecule has 4 heteroatoms. The van der Waals surface area contributed by atoms with Crippen LogP contribution in [0.15, 0.2) is 10.4 Å². The van der Waals surface area contributed by atoms with E-state index in [9.17, 15) is 4.79 Å². The van der Waals surface area contributed by atoms with E-state index < -0.39 is 0 Å². The van der Waals surface area contributed by atoms with Crippen molar-refractivity contribution in [3.05, 3.63) is 27.3 Å². The fourth-order valence-corrected chi connectivity index (χ4v) is 1.70. The highest BCUT2D eigenvalue weighted by Crippen LogP contribution is 2.32. The molecule has 1 aromatic rings. The largest absolute Gasteiger partial charge is 0.383 e. The molecule has 0 unspecified atom stereocenters. The zero-order valence-corrected chi connectivity index (χ0v) is 7.64. The number of allylic oxidation sites excluding steroid dienone is 2. The van der Waals surface area contributed by atoms with Crippen molar-refractivity contribution < 1.29 is 0 Å². The van der Waals surface area contributed by atoms with Crippen molar-refractivity contribution in [1.82, 2.24) is 9.97 Å². The molecule has 0 amide bonds. The summed E-state index contributed by atoms with van der Waals surface area (Å²) in [6.07, 6.45) is 0.781. The van der Waals surface area contributed by atoms with Crippen LogP contribution in [0.2, 0.25) is 0 Å². The van der Waals surface area contributed by atoms with Crippen molar-refractivity contribution >= 4 is 11.4 Å². The Labute approximate surface area is 75.5 Å². The molecule has 0 radical (unpaired) electrons. The Kier molecular flexibility index (Phi) is 1.52. The van der Waals surface area contributed by atoms with E-state index in [1.807, 2.05) is 13.8 Å². The van der Waals surface area contributed by atoms with Gasteiger partial charge in [0.25, 0.3) is 0 Å². The van der Waals surface area contributed by atoms with E-state index in [-0.39, 0.29) is 5.69 Å². The molecule has 0 saturated heterocycles. The van der Waals surface area contributed by atoms with Gasteiger partial charge in [-0.25, -0.2) is 4.79 Å². The van der Waals surface area contributed by atoms with Gasteiger partial charge in [0.2, 0.25) is 0 Å². The van der Waals surface area contributed by atoms with Gasteiger partial charge in [0.05, 0.1) is 0 Å². The normalized spacial score (nSPS) is 14.9. The highest BCUT2D eigenvalue weighted by Gasteiger charge is 2.19. The van der Waals surface area contributed by atoms with Crippen molar-refractivity contribution in [2.24, 2.45) is 0 Å². The summed E-state index contributed by atoms with van der Waals surface area (Å²) < 4.78 is 0. The number of nitrogens with two attached hydrogens (primary N) is 1. The summed E-state index contributed by atoms with van der Waals surface area (Å²) in [7, 11) is 0. The first kappa shape index (κ1) is 8.04. The molecule has 0 saturated carbocycles. The van der Waals surface area contributed by atoms with E-state index >= 15 is 0 Å². The number of nitrogens with one attached hydrogen (secondary N) is 1. The minimum absolute atomic E-state index is 0.341. The zero-order valence-electron chi connectivity index (χ0n) is 7.64. The van der Waals surface area contributed by atoms with Crippen LogP contribution in [-0.2, 0) is 6.42 Å². The molecular formula is C9H11N3O. The molecule has 4 nitrogen and oxygen atoms in total. The van der Waals surface area contributed by atoms with Gasteiger partial charge in [-0.1, -0.05) is 5.57 Å². The number of hydrogen-bond acceptors (Lipinski definition) is 3. The fourth-order valence-electron chi connectivity index (χ4n) is 1.70. The number of anilines is 1. The summed E-state index contributed by atoms with van der Waals surface area (Å²) in [6, 6.07) is 0. The lowest BCUT2D eigenvalue weighted by molar-refractivity contribution is 0.989. The van der Waals surface area contributed by atoms with Crippen LogP contribution < -0.4 is 11.4 Å². The average molecular weight is 177 g/mol. The molecular weight excluding hydrogens is 166 g/mol. The topological polar surface area (TPSA) is 71.8 Å². The summed E-state index contributed by atoms with van der Waals surface area (Å²) in [5, 5.41) is 0. The van der Waals surface area contributed by atoms with Crippen LogP contribution in [0, 0.1) is 0 Å². The number of H-pyrrole nitrogens is 1. The maximum absolute atomic E-state index is 11.0. The summed E-state index contributed by atoms with van der Waals surface area (Å²) in [5.41, 5.74) is 9.48. The quantitative estimate of drug-likeness (QED) is 0.612. The van der Waals surface area contributed by atoms with Crippen LogP contribution in [0.1, 0.15) is 25.1 Å². The Balaban J connectivity index is 2.74. The van der Waals surface area contributed by atoms with Gasteiger partial charge in [0.1, 0.15) is 5.82 Å². The van der Waals surface area contributed by atoms with Crippen molar-refractivity contribution in [1.29, 1.82) is 0 Å². The van der Waals surface area contributed by atoms with Crippen molar-refractivity contribution in [3.8, 4) is 0 Å². The van der Waals surface area contributed by atoms with Gasteiger partial charge in [0, 0.05) is 17.7 Å². The molecule has 2 rings (SSSR count). The Morgan fingerprint density at radius 3 is 2.85 bits per heavy atom. The number of aromatic amines is 1. The molecule has 1 heterocycles. The summed E-state index contributed by atoms with van der Waals surface area (Å²) in [5.74, 6) is 0.341. The molecule has 0 bridgehead atoms. The van der Waals surface area contributed by atoms with E-state index in [4.69, 9.17) is 5.73 Å². The fraction of sp³-hybridized carbons (Fsp3) is 0.333. The molecule has 3 N–H and O–H groups in total. The lowest BCUT2D eigenvalue weighted by Crippen LogP contribution is -2.16. The van der Waals surface area contributed by atoms with Gasteiger partial charge in [0.15, 0.2) is 0 Å². The van der Waals surface area contributed by atoms with E-state index in [0.29, 0.717) is 5.82 Å². The predicted octanol–water partition coefficient (Wildman–Crippen LogP) is 0.702. The number of rotatable bonds is 0. The maximum Gasteiger partial charge on any atom is 0.347 e. The van der Waals surface area contributed by atoms with Crippen LogP contribution in [0.25, 0.3) is 5.57 Å². The Morgan fingerprint density at radius 2 is 2.15 bits per heavy atom. The van der Waals surface area contributed by atoms with Gasteiger partial charge >= 0.3 is 5.69 Å². The molecule has 1 aliphatic rings. The number of hydrogen-bond donors (Lipinski definition) is 2. The summed E-state index contributed by atoms with van der Waals surface area (Å²) in [4.78, 5) is 17.4. The van der Waals surface area contributed by atoms with E-state index in [2.05, 4.69) is 9.97 Å². The molecule has 0 atom stereocenters. The highest BCUT2D eigenvalue weighted by atomic mass is 16.1. The second-order valence-corrected chi connectivity index (χ2v) is 3.36.